The fourth-order valence-electron chi connectivity index (χ4n) is 2.46. The molecule has 0 spiro atoms. The Hall–Kier alpha value is -1.94. The predicted molar refractivity (Wildman–Crippen MR) is 85.5 cm³/mol. The first kappa shape index (κ1) is 15.4. The van der Waals surface area contributed by atoms with Crippen molar-refractivity contribution in [2.45, 2.75) is 39.3 Å². The summed E-state index contributed by atoms with van der Waals surface area (Å²) < 4.78 is 1.66. The summed E-state index contributed by atoms with van der Waals surface area (Å²) in [6, 6.07) is 8.71. The Labute approximate surface area is 125 Å². The van der Waals surface area contributed by atoms with Crippen LogP contribution in [-0.4, -0.2) is 16.6 Å². The SMILES string of the molecule is CCCc1ccc(C(Cn2cc(C)cnc2=O)NC)cc1. The number of aromatic nitrogens is 2. The fraction of sp³-hybridized carbons (Fsp3) is 0.412. The molecular weight excluding hydrogens is 262 g/mol. The molecule has 0 saturated heterocycles. The van der Waals surface area contributed by atoms with Gasteiger partial charge in [0.15, 0.2) is 0 Å². The molecule has 0 amide bonds. The van der Waals surface area contributed by atoms with E-state index in [2.05, 4.69) is 41.5 Å². The molecule has 1 unspecified atom stereocenters. The number of benzene rings is 1. The topological polar surface area (TPSA) is 46.9 Å². The van der Waals surface area contributed by atoms with Crippen LogP contribution in [0, 0.1) is 6.92 Å². The van der Waals surface area contributed by atoms with Crippen molar-refractivity contribution in [1.29, 1.82) is 0 Å². The summed E-state index contributed by atoms with van der Waals surface area (Å²) in [6.45, 7) is 4.70. The van der Waals surface area contributed by atoms with Crippen LogP contribution in [0.2, 0.25) is 0 Å². The van der Waals surface area contributed by atoms with Gasteiger partial charge in [-0.15, -0.1) is 0 Å². The van der Waals surface area contributed by atoms with Gasteiger partial charge in [0.25, 0.3) is 0 Å². The molecule has 0 radical (unpaired) electrons. The van der Waals surface area contributed by atoms with Crippen molar-refractivity contribution in [3.05, 3.63) is 63.8 Å². The van der Waals surface area contributed by atoms with E-state index < -0.39 is 0 Å². The Bertz CT molecular complexity index is 631. The van der Waals surface area contributed by atoms with Crippen molar-refractivity contribution in [3.8, 4) is 0 Å². The van der Waals surface area contributed by atoms with E-state index >= 15 is 0 Å². The van der Waals surface area contributed by atoms with Gasteiger partial charge >= 0.3 is 5.69 Å². The average molecular weight is 285 g/mol. The quantitative estimate of drug-likeness (QED) is 0.887. The molecule has 1 atom stereocenters. The Morgan fingerprint density at radius 3 is 2.62 bits per heavy atom. The molecule has 21 heavy (non-hydrogen) atoms. The van der Waals surface area contributed by atoms with Gasteiger partial charge in [-0.3, -0.25) is 4.57 Å². The van der Waals surface area contributed by atoms with Crippen molar-refractivity contribution < 1.29 is 0 Å². The molecule has 1 aromatic carbocycles. The van der Waals surface area contributed by atoms with Crippen LogP contribution in [-0.2, 0) is 13.0 Å². The van der Waals surface area contributed by atoms with Gasteiger partial charge in [0.1, 0.15) is 0 Å². The summed E-state index contributed by atoms with van der Waals surface area (Å²) in [6.07, 6.45) is 5.71. The highest BCUT2D eigenvalue weighted by Gasteiger charge is 2.11. The predicted octanol–water partition coefficient (Wildman–Crippen LogP) is 2.46. The summed E-state index contributed by atoms with van der Waals surface area (Å²) in [5, 5.41) is 3.28. The number of hydrogen-bond acceptors (Lipinski definition) is 3. The van der Waals surface area contributed by atoms with Gasteiger partial charge in [-0.25, -0.2) is 9.78 Å². The summed E-state index contributed by atoms with van der Waals surface area (Å²) in [4.78, 5) is 15.7. The molecule has 1 heterocycles. The van der Waals surface area contributed by atoms with Crippen LogP contribution in [0.1, 0.15) is 36.1 Å². The Kier molecular flexibility index (Phi) is 5.28. The zero-order valence-corrected chi connectivity index (χ0v) is 13.0. The van der Waals surface area contributed by atoms with E-state index in [-0.39, 0.29) is 11.7 Å². The summed E-state index contributed by atoms with van der Waals surface area (Å²) >= 11 is 0. The minimum absolute atomic E-state index is 0.0991. The molecular formula is C17H23N3O. The Balaban J connectivity index is 2.19. The lowest BCUT2D eigenvalue weighted by Gasteiger charge is -2.18. The van der Waals surface area contributed by atoms with Gasteiger partial charge < -0.3 is 5.32 Å². The standard InChI is InChI=1S/C17H23N3O/c1-4-5-14-6-8-15(9-7-14)16(18-3)12-20-11-13(2)10-19-17(20)21/h6-11,16,18H,4-5,12H2,1-3H3. The molecule has 112 valence electrons. The monoisotopic (exact) mass is 285 g/mol. The van der Waals surface area contributed by atoms with Gasteiger partial charge in [0, 0.05) is 18.9 Å². The highest BCUT2D eigenvalue weighted by Crippen LogP contribution is 2.16. The van der Waals surface area contributed by atoms with Gasteiger partial charge in [-0.1, -0.05) is 37.6 Å². The van der Waals surface area contributed by atoms with Crippen LogP contribution < -0.4 is 11.0 Å². The van der Waals surface area contributed by atoms with Gasteiger partial charge in [0.05, 0.1) is 6.04 Å². The van der Waals surface area contributed by atoms with Crippen LogP contribution in [0.25, 0.3) is 0 Å². The zero-order chi connectivity index (χ0) is 15.2. The van der Waals surface area contributed by atoms with E-state index in [1.807, 2.05) is 20.2 Å². The second-order valence-corrected chi connectivity index (χ2v) is 5.40. The van der Waals surface area contributed by atoms with Crippen molar-refractivity contribution in [2.75, 3.05) is 7.05 Å². The molecule has 2 rings (SSSR count). The van der Waals surface area contributed by atoms with Crippen LogP contribution in [0.3, 0.4) is 0 Å². The lowest BCUT2D eigenvalue weighted by molar-refractivity contribution is 0.484. The smallest absolute Gasteiger partial charge is 0.312 e. The maximum atomic E-state index is 11.8. The van der Waals surface area contributed by atoms with E-state index in [1.54, 1.807) is 10.8 Å². The molecule has 4 heteroatoms. The van der Waals surface area contributed by atoms with Gasteiger partial charge in [-0.2, -0.15) is 0 Å². The lowest BCUT2D eigenvalue weighted by atomic mass is 10.0. The minimum atomic E-state index is -0.205. The summed E-state index contributed by atoms with van der Waals surface area (Å²) in [5.74, 6) is 0. The average Bonchev–Trinajstić information content (AvgIpc) is 2.49. The van der Waals surface area contributed by atoms with E-state index in [1.165, 1.54) is 11.1 Å². The first-order valence-corrected chi connectivity index (χ1v) is 7.43. The van der Waals surface area contributed by atoms with Gasteiger partial charge in [0.2, 0.25) is 0 Å². The maximum absolute atomic E-state index is 11.8. The number of nitrogens with zero attached hydrogens (tertiary/aromatic N) is 2. The molecule has 0 bridgehead atoms. The minimum Gasteiger partial charge on any atom is -0.312 e. The van der Waals surface area contributed by atoms with Crippen molar-refractivity contribution in [3.63, 3.8) is 0 Å². The van der Waals surface area contributed by atoms with E-state index in [4.69, 9.17) is 0 Å². The molecule has 0 fully saturated rings. The molecule has 0 aliphatic heterocycles. The second-order valence-electron chi connectivity index (χ2n) is 5.40. The molecule has 1 aromatic heterocycles. The van der Waals surface area contributed by atoms with E-state index in [0.717, 1.165) is 18.4 Å². The molecule has 0 aliphatic carbocycles. The molecule has 2 aromatic rings. The first-order chi connectivity index (χ1) is 10.1. The number of aryl methyl sites for hydroxylation is 2. The number of hydrogen-bond donors (Lipinski definition) is 1. The Morgan fingerprint density at radius 1 is 1.29 bits per heavy atom. The third-order valence-electron chi connectivity index (χ3n) is 3.63. The van der Waals surface area contributed by atoms with E-state index in [0.29, 0.717) is 6.54 Å². The highest BCUT2D eigenvalue weighted by molar-refractivity contribution is 5.25. The first-order valence-electron chi connectivity index (χ1n) is 7.43. The van der Waals surface area contributed by atoms with Crippen molar-refractivity contribution in [2.24, 2.45) is 0 Å². The molecule has 0 aliphatic rings. The third-order valence-corrected chi connectivity index (χ3v) is 3.63. The third kappa shape index (κ3) is 4.02. The Morgan fingerprint density at radius 2 is 2.00 bits per heavy atom. The van der Waals surface area contributed by atoms with Crippen molar-refractivity contribution in [1.82, 2.24) is 14.9 Å². The van der Waals surface area contributed by atoms with Crippen LogP contribution in [0.15, 0.2) is 41.5 Å². The fourth-order valence-corrected chi connectivity index (χ4v) is 2.46. The van der Waals surface area contributed by atoms with E-state index in [9.17, 15) is 4.79 Å². The molecule has 1 N–H and O–H groups in total. The maximum Gasteiger partial charge on any atom is 0.347 e. The highest BCUT2D eigenvalue weighted by atomic mass is 16.1. The van der Waals surface area contributed by atoms with Crippen LogP contribution >= 0.6 is 0 Å². The van der Waals surface area contributed by atoms with Crippen molar-refractivity contribution >= 4 is 0 Å². The van der Waals surface area contributed by atoms with Crippen LogP contribution in [0.5, 0.6) is 0 Å². The molecule has 4 nitrogen and oxygen atoms in total. The normalized spacial score (nSPS) is 12.3. The summed E-state index contributed by atoms with van der Waals surface area (Å²) in [7, 11) is 1.92. The van der Waals surface area contributed by atoms with Gasteiger partial charge in [-0.05, 0) is 37.1 Å². The number of rotatable bonds is 6. The zero-order valence-electron chi connectivity index (χ0n) is 13.0. The lowest BCUT2D eigenvalue weighted by Crippen LogP contribution is -2.29. The largest absolute Gasteiger partial charge is 0.347 e. The molecule has 0 saturated carbocycles. The summed E-state index contributed by atoms with van der Waals surface area (Å²) in [5.41, 5.74) is 3.32. The number of nitrogens with one attached hydrogen (secondary N) is 1. The van der Waals surface area contributed by atoms with Crippen LogP contribution in [0.4, 0.5) is 0 Å². The second kappa shape index (κ2) is 7.18. The number of likely N-dealkylation sites (N-methyl/N-ethyl adjacent to an activating group) is 1.